The molecule has 0 saturated heterocycles. The molecule has 0 aliphatic heterocycles. The van der Waals surface area contributed by atoms with Crippen molar-refractivity contribution >= 4 is 21.8 Å². The topological polar surface area (TPSA) is 58.6 Å². The minimum absolute atomic E-state index is 0.0215. The van der Waals surface area contributed by atoms with Crippen molar-refractivity contribution < 1.29 is 14.6 Å². The minimum Gasteiger partial charge on any atom is -0.396 e. The number of hydrogen-bond acceptors (Lipinski definition) is 3. The smallest absolute Gasteiger partial charge is 0.251 e. The first-order valence-electron chi connectivity index (χ1n) is 5.75. The molecule has 0 heterocycles. The fraction of sp³-hybridized carbons (Fsp3) is 0.462. The number of carbonyl (C=O) groups excluding carboxylic acids is 1. The van der Waals surface area contributed by atoms with Gasteiger partial charge in [-0.2, -0.15) is 0 Å². The standard InChI is InChI=1S/C13H18BrNO3/c1-9-7-10(14)3-4-12(9)13(17)15-11(5-6-16)8-18-2/h3-4,7,11,16H,5-6,8H2,1-2H3,(H,15,17). The van der Waals surface area contributed by atoms with Crippen LogP contribution < -0.4 is 5.32 Å². The number of aliphatic hydroxyl groups excluding tert-OH is 1. The second-order valence-corrected chi connectivity index (χ2v) is 5.01. The van der Waals surface area contributed by atoms with Gasteiger partial charge in [-0.05, 0) is 37.1 Å². The van der Waals surface area contributed by atoms with Crippen LogP contribution in [-0.4, -0.2) is 37.4 Å². The zero-order chi connectivity index (χ0) is 13.5. The molecule has 1 unspecified atom stereocenters. The summed E-state index contributed by atoms with van der Waals surface area (Å²) >= 11 is 3.36. The molecule has 2 N–H and O–H groups in total. The first kappa shape index (κ1) is 15.1. The van der Waals surface area contributed by atoms with Crippen LogP contribution >= 0.6 is 15.9 Å². The van der Waals surface area contributed by atoms with Crippen LogP contribution in [0.4, 0.5) is 0 Å². The van der Waals surface area contributed by atoms with Crippen LogP contribution in [-0.2, 0) is 4.74 Å². The number of rotatable bonds is 6. The first-order valence-corrected chi connectivity index (χ1v) is 6.54. The molecule has 18 heavy (non-hydrogen) atoms. The molecule has 5 heteroatoms. The highest BCUT2D eigenvalue weighted by Crippen LogP contribution is 2.16. The molecular weight excluding hydrogens is 298 g/mol. The monoisotopic (exact) mass is 315 g/mol. The van der Waals surface area contributed by atoms with Gasteiger partial charge in [-0.3, -0.25) is 4.79 Å². The number of methoxy groups -OCH3 is 1. The van der Waals surface area contributed by atoms with Crippen LogP contribution in [0, 0.1) is 6.92 Å². The highest BCUT2D eigenvalue weighted by molar-refractivity contribution is 9.10. The molecule has 0 radical (unpaired) electrons. The van der Waals surface area contributed by atoms with Crippen molar-refractivity contribution in [3.8, 4) is 0 Å². The maximum absolute atomic E-state index is 12.1. The predicted molar refractivity (Wildman–Crippen MR) is 73.7 cm³/mol. The lowest BCUT2D eigenvalue weighted by atomic mass is 10.1. The van der Waals surface area contributed by atoms with Gasteiger partial charge in [-0.1, -0.05) is 15.9 Å². The molecule has 1 aromatic carbocycles. The van der Waals surface area contributed by atoms with Crippen LogP contribution in [0.25, 0.3) is 0 Å². The Labute approximate surface area is 115 Å². The summed E-state index contributed by atoms with van der Waals surface area (Å²) in [6, 6.07) is 5.33. The molecule has 0 aliphatic rings. The average molecular weight is 316 g/mol. The lowest BCUT2D eigenvalue weighted by Gasteiger charge is -2.17. The number of hydrogen-bond donors (Lipinski definition) is 2. The number of nitrogens with one attached hydrogen (secondary N) is 1. The third-order valence-electron chi connectivity index (χ3n) is 2.61. The van der Waals surface area contributed by atoms with E-state index in [1.54, 1.807) is 13.2 Å². The van der Waals surface area contributed by atoms with Crippen molar-refractivity contribution in [1.29, 1.82) is 0 Å². The van der Waals surface area contributed by atoms with Crippen molar-refractivity contribution in [3.05, 3.63) is 33.8 Å². The van der Waals surface area contributed by atoms with Gasteiger partial charge >= 0.3 is 0 Å². The van der Waals surface area contributed by atoms with E-state index in [-0.39, 0.29) is 18.6 Å². The zero-order valence-electron chi connectivity index (χ0n) is 10.6. The van der Waals surface area contributed by atoms with E-state index in [0.717, 1.165) is 10.0 Å². The van der Waals surface area contributed by atoms with Gasteiger partial charge in [0.15, 0.2) is 0 Å². The van der Waals surface area contributed by atoms with E-state index in [4.69, 9.17) is 9.84 Å². The van der Waals surface area contributed by atoms with Crippen molar-refractivity contribution in [2.24, 2.45) is 0 Å². The van der Waals surface area contributed by atoms with E-state index in [1.165, 1.54) is 0 Å². The van der Waals surface area contributed by atoms with E-state index in [2.05, 4.69) is 21.2 Å². The molecule has 0 bridgehead atoms. The molecule has 100 valence electrons. The third kappa shape index (κ3) is 4.40. The number of ether oxygens (including phenoxy) is 1. The van der Waals surface area contributed by atoms with Crippen molar-refractivity contribution in [3.63, 3.8) is 0 Å². The average Bonchev–Trinajstić information content (AvgIpc) is 2.29. The summed E-state index contributed by atoms with van der Waals surface area (Å²) < 4.78 is 5.95. The van der Waals surface area contributed by atoms with E-state index < -0.39 is 0 Å². The Morgan fingerprint density at radius 2 is 2.28 bits per heavy atom. The van der Waals surface area contributed by atoms with Crippen LogP contribution in [0.15, 0.2) is 22.7 Å². The molecule has 0 aromatic heterocycles. The molecule has 4 nitrogen and oxygen atoms in total. The number of amides is 1. The second kappa shape index (κ2) is 7.51. The Bertz CT molecular complexity index is 403. The van der Waals surface area contributed by atoms with Gasteiger partial charge in [0.2, 0.25) is 0 Å². The summed E-state index contributed by atoms with van der Waals surface area (Å²) in [7, 11) is 1.57. The van der Waals surface area contributed by atoms with Gasteiger partial charge in [0.05, 0.1) is 12.6 Å². The van der Waals surface area contributed by atoms with Gasteiger partial charge in [0.25, 0.3) is 5.91 Å². The molecule has 1 atom stereocenters. The van der Waals surface area contributed by atoms with E-state index in [9.17, 15) is 4.79 Å². The zero-order valence-corrected chi connectivity index (χ0v) is 12.2. The Hall–Kier alpha value is -0.910. The molecule has 1 rings (SSSR count). The van der Waals surface area contributed by atoms with E-state index in [0.29, 0.717) is 18.6 Å². The first-order chi connectivity index (χ1) is 8.58. The number of benzene rings is 1. The van der Waals surface area contributed by atoms with E-state index >= 15 is 0 Å². The largest absolute Gasteiger partial charge is 0.396 e. The molecule has 0 fully saturated rings. The Kier molecular flexibility index (Phi) is 6.32. The molecule has 0 aliphatic carbocycles. The number of aryl methyl sites for hydroxylation is 1. The van der Waals surface area contributed by atoms with Gasteiger partial charge in [-0.15, -0.1) is 0 Å². The quantitative estimate of drug-likeness (QED) is 0.842. The van der Waals surface area contributed by atoms with E-state index in [1.807, 2.05) is 19.1 Å². The van der Waals surface area contributed by atoms with Gasteiger partial charge in [0, 0.05) is 23.8 Å². The summed E-state index contributed by atoms with van der Waals surface area (Å²) in [5.41, 5.74) is 1.54. The Morgan fingerprint density at radius 3 is 2.83 bits per heavy atom. The summed E-state index contributed by atoms with van der Waals surface area (Å²) in [5.74, 6) is -0.143. The fourth-order valence-corrected chi connectivity index (χ4v) is 2.17. The molecule has 0 spiro atoms. The molecule has 1 amide bonds. The van der Waals surface area contributed by atoms with Crippen LogP contribution in [0.2, 0.25) is 0 Å². The highest BCUT2D eigenvalue weighted by Gasteiger charge is 2.14. The second-order valence-electron chi connectivity index (χ2n) is 4.10. The lowest BCUT2D eigenvalue weighted by molar-refractivity contribution is 0.0878. The maximum atomic E-state index is 12.1. The Balaban J connectivity index is 2.73. The number of carbonyl (C=O) groups is 1. The lowest BCUT2D eigenvalue weighted by Crippen LogP contribution is -2.39. The van der Waals surface area contributed by atoms with Crippen molar-refractivity contribution in [1.82, 2.24) is 5.32 Å². The van der Waals surface area contributed by atoms with Gasteiger partial charge in [0.1, 0.15) is 0 Å². The molecule has 1 aromatic rings. The Morgan fingerprint density at radius 1 is 1.56 bits per heavy atom. The van der Waals surface area contributed by atoms with Crippen LogP contribution in [0.3, 0.4) is 0 Å². The normalized spacial score (nSPS) is 12.2. The molecule has 0 saturated carbocycles. The van der Waals surface area contributed by atoms with Crippen LogP contribution in [0.5, 0.6) is 0 Å². The summed E-state index contributed by atoms with van der Waals surface area (Å²) in [6.07, 6.45) is 0.481. The SMILES string of the molecule is COCC(CCO)NC(=O)c1ccc(Br)cc1C. The maximum Gasteiger partial charge on any atom is 0.251 e. The minimum atomic E-state index is -0.171. The van der Waals surface area contributed by atoms with Gasteiger partial charge in [-0.25, -0.2) is 0 Å². The van der Waals surface area contributed by atoms with Gasteiger partial charge < -0.3 is 15.2 Å². The van der Waals surface area contributed by atoms with Crippen molar-refractivity contribution in [2.45, 2.75) is 19.4 Å². The number of halogens is 1. The number of aliphatic hydroxyl groups is 1. The third-order valence-corrected chi connectivity index (χ3v) is 3.11. The molecular formula is C13H18BrNO3. The summed E-state index contributed by atoms with van der Waals surface area (Å²) in [4.78, 5) is 12.1. The summed E-state index contributed by atoms with van der Waals surface area (Å²) in [6.45, 7) is 2.30. The van der Waals surface area contributed by atoms with Crippen LogP contribution in [0.1, 0.15) is 22.3 Å². The van der Waals surface area contributed by atoms with Crippen molar-refractivity contribution in [2.75, 3.05) is 20.3 Å². The summed E-state index contributed by atoms with van der Waals surface area (Å²) in [5, 5.41) is 11.8. The fourth-order valence-electron chi connectivity index (χ4n) is 1.70. The highest BCUT2D eigenvalue weighted by atomic mass is 79.9. The predicted octanol–water partition coefficient (Wildman–Crippen LogP) is 1.88.